The van der Waals surface area contributed by atoms with E-state index in [1.807, 2.05) is 0 Å². The number of benzene rings is 2. The molecule has 0 aromatic heterocycles. The van der Waals surface area contributed by atoms with Gasteiger partial charge in [0.15, 0.2) is 5.78 Å². The molecule has 0 fully saturated rings. The minimum atomic E-state index is -3.71. The van der Waals surface area contributed by atoms with Crippen LogP contribution in [-0.4, -0.2) is 20.8 Å². The Morgan fingerprint density at radius 3 is 2.46 bits per heavy atom. The molecule has 0 saturated heterocycles. The Hall–Kier alpha value is -2.34. The molecule has 1 N–H and O–H groups in total. The van der Waals surface area contributed by atoms with Crippen molar-refractivity contribution < 1.29 is 17.9 Å². The monoisotopic (exact) mass is 347 g/mol. The van der Waals surface area contributed by atoms with Crippen molar-refractivity contribution in [2.24, 2.45) is 0 Å². The summed E-state index contributed by atoms with van der Waals surface area (Å²) in [6, 6.07) is 12.7. The highest BCUT2D eigenvalue weighted by molar-refractivity contribution is 7.92. The third-order valence-corrected chi connectivity index (χ3v) is 4.82. The summed E-state index contributed by atoms with van der Waals surface area (Å²) < 4.78 is 32.8. The number of Topliss-reactive ketones (excluding diaryl/α,β-unsaturated/α-hetero) is 1. The molecule has 0 aliphatic heterocycles. The molecule has 24 heavy (non-hydrogen) atoms. The van der Waals surface area contributed by atoms with E-state index in [1.54, 1.807) is 30.3 Å². The number of carbonyl (C=O) groups is 1. The van der Waals surface area contributed by atoms with Crippen LogP contribution in [-0.2, 0) is 10.0 Å². The molecule has 2 aromatic rings. The molecule has 0 aliphatic rings. The first-order valence-electron chi connectivity index (χ1n) is 7.79. The van der Waals surface area contributed by atoms with Crippen LogP contribution in [0.1, 0.15) is 37.0 Å². The second-order valence-corrected chi connectivity index (χ2v) is 7.10. The normalized spacial score (nSPS) is 11.1. The molecular weight excluding hydrogens is 326 g/mol. The molecule has 0 saturated carbocycles. The average Bonchev–Trinajstić information content (AvgIpc) is 2.55. The van der Waals surface area contributed by atoms with Gasteiger partial charge in [-0.3, -0.25) is 9.52 Å². The summed E-state index contributed by atoms with van der Waals surface area (Å²) in [7, 11) is -3.71. The van der Waals surface area contributed by atoms with Crippen LogP contribution in [0.4, 0.5) is 5.69 Å². The molecule has 0 aliphatic carbocycles. The number of unbranched alkanes of at least 4 members (excludes halogenated alkanes) is 1. The van der Waals surface area contributed by atoms with Gasteiger partial charge in [0.1, 0.15) is 5.75 Å². The molecule has 0 unspecified atom stereocenters. The van der Waals surface area contributed by atoms with Gasteiger partial charge >= 0.3 is 0 Å². The Balaban J connectivity index is 2.12. The standard InChI is InChI=1S/C18H21NO4S/c1-3-4-12-23-17-8-10-18(11-9-17)24(21,22)19-16-7-5-6-15(13-16)14(2)20/h5-11,13,19H,3-4,12H2,1-2H3. The maximum absolute atomic E-state index is 12.4. The number of carbonyl (C=O) groups excluding carboxylic acids is 1. The van der Waals surface area contributed by atoms with Crippen molar-refractivity contribution in [2.75, 3.05) is 11.3 Å². The van der Waals surface area contributed by atoms with Gasteiger partial charge in [-0.05, 0) is 49.7 Å². The van der Waals surface area contributed by atoms with Crippen molar-refractivity contribution in [1.82, 2.24) is 0 Å². The predicted molar refractivity (Wildman–Crippen MR) is 94.1 cm³/mol. The van der Waals surface area contributed by atoms with E-state index in [2.05, 4.69) is 11.6 Å². The van der Waals surface area contributed by atoms with E-state index in [1.165, 1.54) is 25.1 Å². The van der Waals surface area contributed by atoms with Gasteiger partial charge in [-0.2, -0.15) is 0 Å². The maximum Gasteiger partial charge on any atom is 0.261 e. The smallest absolute Gasteiger partial charge is 0.261 e. The van der Waals surface area contributed by atoms with E-state index in [0.29, 0.717) is 23.6 Å². The van der Waals surface area contributed by atoms with Crippen LogP contribution in [0, 0.1) is 0 Å². The van der Waals surface area contributed by atoms with E-state index < -0.39 is 10.0 Å². The summed E-state index contributed by atoms with van der Waals surface area (Å²) in [5.41, 5.74) is 0.806. The number of hydrogen-bond donors (Lipinski definition) is 1. The number of rotatable bonds is 8. The van der Waals surface area contributed by atoms with Crippen molar-refractivity contribution >= 4 is 21.5 Å². The fraction of sp³-hybridized carbons (Fsp3) is 0.278. The zero-order valence-electron chi connectivity index (χ0n) is 13.8. The largest absolute Gasteiger partial charge is 0.494 e. The minimum absolute atomic E-state index is 0.121. The number of ketones is 1. The van der Waals surface area contributed by atoms with Gasteiger partial charge in [0.05, 0.1) is 11.5 Å². The van der Waals surface area contributed by atoms with Crippen molar-refractivity contribution in [3.05, 3.63) is 54.1 Å². The van der Waals surface area contributed by atoms with Crippen LogP contribution < -0.4 is 9.46 Å². The maximum atomic E-state index is 12.4. The van der Waals surface area contributed by atoms with Crippen molar-refractivity contribution in [2.45, 2.75) is 31.6 Å². The number of anilines is 1. The zero-order valence-corrected chi connectivity index (χ0v) is 14.6. The Morgan fingerprint density at radius 1 is 1.12 bits per heavy atom. The van der Waals surface area contributed by atoms with Crippen LogP contribution >= 0.6 is 0 Å². The third kappa shape index (κ3) is 4.83. The van der Waals surface area contributed by atoms with Gasteiger partial charge in [-0.1, -0.05) is 25.5 Å². The zero-order chi connectivity index (χ0) is 17.6. The van der Waals surface area contributed by atoms with Crippen LogP contribution in [0.3, 0.4) is 0 Å². The highest BCUT2D eigenvalue weighted by Gasteiger charge is 2.14. The van der Waals surface area contributed by atoms with E-state index >= 15 is 0 Å². The summed E-state index contributed by atoms with van der Waals surface area (Å²) in [5, 5.41) is 0. The van der Waals surface area contributed by atoms with E-state index in [9.17, 15) is 13.2 Å². The van der Waals surface area contributed by atoms with Crippen LogP contribution in [0.25, 0.3) is 0 Å². The third-order valence-electron chi connectivity index (χ3n) is 3.42. The van der Waals surface area contributed by atoms with Crippen LogP contribution in [0.2, 0.25) is 0 Å². The summed E-state index contributed by atoms with van der Waals surface area (Å²) in [6.07, 6.45) is 1.99. The Bertz CT molecular complexity index is 798. The summed E-state index contributed by atoms with van der Waals surface area (Å²) in [5.74, 6) is 0.519. The van der Waals surface area contributed by atoms with Gasteiger partial charge in [0.2, 0.25) is 0 Å². The lowest BCUT2D eigenvalue weighted by molar-refractivity contribution is 0.101. The fourth-order valence-corrected chi connectivity index (χ4v) is 3.11. The lowest BCUT2D eigenvalue weighted by Gasteiger charge is -2.10. The first-order valence-corrected chi connectivity index (χ1v) is 9.27. The van der Waals surface area contributed by atoms with Crippen molar-refractivity contribution in [3.8, 4) is 5.75 Å². The van der Waals surface area contributed by atoms with Gasteiger partial charge in [-0.15, -0.1) is 0 Å². The molecule has 2 rings (SSSR count). The highest BCUT2D eigenvalue weighted by atomic mass is 32.2. The van der Waals surface area contributed by atoms with Crippen LogP contribution in [0.5, 0.6) is 5.75 Å². The lowest BCUT2D eigenvalue weighted by Crippen LogP contribution is -2.13. The second-order valence-electron chi connectivity index (χ2n) is 5.42. The Kier molecular flexibility index (Phi) is 5.98. The fourth-order valence-electron chi connectivity index (χ4n) is 2.07. The van der Waals surface area contributed by atoms with Gasteiger partial charge in [0.25, 0.3) is 10.0 Å². The first kappa shape index (κ1) is 18.0. The molecule has 0 bridgehead atoms. The van der Waals surface area contributed by atoms with Crippen LogP contribution in [0.15, 0.2) is 53.4 Å². The molecule has 0 radical (unpaired) electrons. The molecular formula is C18H21NO4S. The summed E-state index contributed by atoms with van der Waals surface area (Å²) in [6.45, 7) is 4.12. The molecule has 0 atom stereocenters. The molecule has 0 heterocycles. The minimum Gasteiger partial charge on any atom is -0.494 e. The first-order chi connectivity index (χ1) is 11.4. The molecule has 0 amide bonds. The Labute approximate surface area is 142 Å². The highest BCUT2D eigenvalue weighted by Crippen LogP contribution is 2.20. The topological polar surface area (TPSA) is 72.5 Å². The van der Waals surface area contributed by atoms with Gasteiger partial charge in [0, 0.05) is 11.3 Å². The summed E-state index contributed by atoms with van der Waals surface area (Å²) >= 11 is 0. The van der Waals surface area contributed by atoms with E-state index in [-0.39, 0.29) is 10.7 Å². The molecule has 6 heteroatoms. The quantitative estimate of drug-likeness (QED) is 0.581. The van der Waals surface area contributed by atoms with Gasteiger partial charge < -0.3 is 4.74 Å². The van der Waals surface area contributed by atoms with E-state index in [4.69, 9.17) is 4.74 Å². The van der Waals surface area contributed by atoms with Crippen molar-refractivity contribution in [3.63, 3.8) is 0 Å². The molecule has 2 aromatic carbocycles. The van der Waals surface area contributed by atoms with E-state index in [0.717, 1.165) is 12.8 Å². The Morgan fingerprint density at radius 2 is 1.83 bits per heavy atom. The number of hydrogen-bond acceptors (Lipinski definition) is 4. The lowest BCUT2D eigenvalue weighted by atomic mass is 10.1. The summed E-state index contributed by atoms with van der Waals surface area (Å²) in [4.78, 5) is 11.5. The SMILES string of the molecule is CCCCOc1ccc(S(=O)(=O)Nc2cccc(C(C)=O)c2)cc1. The number of sulfonamides is 1. The predicted octanol–water partition coefficient (Wildman–Crippen LogP) is 3.87. The number of nitrogens with one attached hydrogen (secondary N) is 1. The molecule has 128 valence electrons. The molecule has 0 spiro atoms. The molecule has 5 nitrogen and oxygen atoms in total. The van der Waals surface area contributed by atoms with Gasteiger partial charge in [-0.25, -0.2) is 8.42 Å². The average molecular weight is 347 g/mol. The van der Waals surface area contributed by atoms with Crippen molar-refractivity contribution in [1.29, 1.82) is 0 Å². The second kappa shape index (κ2) is 7.97. The number of ether oxygens (including phenoxy) is 1.